The third-order valence-electron chi connectivity index (χ3n) is 2.88. The first kappa shape index (κ1) is 12.9. The summed E-state index contributed by atoms with van der Waals surface area (Å²) in [5.74, 6) is 0. The molecule has 0 spiro atoms. The number of amides is 1. The number of rotatable bonds is 4. The van der Waals surface area contributed by atoms with E-state index in [0.717, 1.165) is 19.6 Å². The van der Waals surface area contributed by atoms with Gasteiger partial charge in [-0.2, -0.15) is 0 Å². The smallest absolute Gasteiger partial charge is 0.404 e. The Bertz CT molecular complexity index is 383. The van der Waals surface area contributed by atoms with E-state index in [1.165, 1.54) is 5.56 Å². The summed E-state index contributed by atoms with van der Waals surface area (Å²) in [4.78, 5) is 12.8. The minimum atomic E-state index is -0.751. The molecule has 1 aromatic rings. The molecule has 1 atom stereocenters. The van der Waals surface area contributed by atoms with Crippen molar-refractivity contribution in [2.45, 2.75) is 12.6 Å². The average Bonchev–Trinajstić information content (AvgIpc) is 2.38. The van der Waals surface area contributed by atoms with Gasteiger partial charge in [0.25, 0.3) is 0 Å². The summed E-state index contributed by atoms with van der Waals surface area (Å²) < 4.78 is 10.3. The maximum Gasteiger partial charge on any atom is 0.404 e. The van der Waals surface area contributed by atoms with Gasteiger partial charge in [0.2, 0.25) is 0 Å². The van der Waals surface area contributed by atoms with Gasteiger partial charge in [0.1, 0.15) is 12.7 Å². The summed E-state index contributed by atoms with van der Waals surface area (Å²) in [5.41, 5.74) is 6.21. The molecule has 5 heteroatoms. The van der Waals surface area contributed by atoms with Crippen LogP contribution in [0.25, 0.3) is 0 Å². The van der Waals surface area contributed by atoms with Crippen LogP contribution in [0.15, 0.2) is 30.3 Å². The maximum atomic E-state index is 10.5. The van der Waals surface area contributed by atoms with Crippen LogP contribution < -0.4 is 5.73 Å². The van der Waals surface area contributed by atoms with Crippen LogP contribution >= 0.6 is 0 Å². The average molecular weight is 250 g/mol. The third-order valence-corrected chi connectivity index (χ3v) is 2.88. The fraction of sp³-hybridized carbons (Fsp3) is 0.462. The molecule has 2 N–H and O–H groups in total. The number of ether oxygens (including phenoxy) is 2. The molecular weight excluding hydrogens is 232 g/mol. The second-order valence-electron chi connectivity index (χ2n) is 4.34. The van der Waals surface area contributed by atoms with E-state index in [1.807, 2.05) is 18.2 Å². The highest BCUT2D eigenvalue weighted by Crippen LogP contribution is 2.10. The van der Waals surface area contributed by atoms with Crippen LogP contribution in [0, 0.1) is 0 Å². The van der Waals surface area contributed by atoms with E-state index < -0.39 is 6.09 Å². The fourth-order valence-electron chi connectivity index (χ4n) is 2.04. The van der Waals surface area contributed by atoms with Gasteiger partial charge in [-0.25, -0.2) is 4.79 Å². The molecule has 1 aromatic carbocycles. The summed E-state index contributed by atoms with van der Waals surface area (Å²) in [7, 11) is 0. The number of hydrogen-bond acceptors (Lipinski definition) is 4. The Balaban J connectivity index is 1.81. The van der Waals surface area contributed by atoms with Crippen molar-refractivity contribution in [3.8, 4) is 0 Å². The second kappa shape index (κ2) is 6.37. The molecule has 0 bridgehead atoms. The van der Waals surface area contributed by atoms with E-state index in [-0.39, 0.29) is 12.7 Å². The summed E-state index contributed by atoms with van der Waals surface area (Å²) >= 11 is 0. The zero-order valence-corrected chi connectivity index (χ0v) is 10.2. The number of primary amides is 1. The highest BCUT2D eigenvalue weighted by molar-refractivity contribution is 5.64. The van der Waals surface area contributed by atoms with E-state index in [4.69, 9.17) is 15.2 Å². The van der Waals surface area contributed by atoms with Gasteiger partial charge in [0.15, 0.2) is 0 Å². The Morgan fingerprint density at radius 1 is 1.44 bits per heavy atom. The standard InChI is InChI=1S/C13H18N2O3/c14-13(16)18-10-12-9-15(6-7-17-12)8-11-4-2-1-3-5-11/h1-5,12H,6-10H2,(H2,14,16). The van der Waals surface area contributed by atoms with Crippen LogP contribution in [-0.2, 0) is 16.0 Å². The van der Waals surface area contributed by atoms with Crippen molar-refractivity contribution >= 4 is 6.09 Å². The van der Waals surface area contributed by atoms with Crippen molar-refractivity contribution in [1.29, 1.82) is 0 Å². The number of morpholine rings is 1. The largest absolute Gasteiger partial charge is 0.447 e. The molecule has 2 rings (SSSR count). The molecule has 1 heterocycles. The quantitative estimate of drug-likeness (QED) is 0.865. The molecule has 0 aliphatic carbocycles. The van der Waals surface area contributed by atoms with Crippen molar-refractivity contribution in [1.82, 2.24) is 4.90 Å². The topological polar surface area (TPSA) is 64.8 Å². The van der Waals surface area contributed by atoms with Crippen LogP contribution in [0.3, 0.4) is 0 Å². The van der Waals surface area contributed by atoms with Crippen LogP contribution in [-0.4, -0.2) is 43.4 Å². The minimum absolute atomic E-state index is 0.0880. The number of carbonyl (C=O) groups excluding carboxylic acids is 1. The van der Waals surface area contributed by atoms with Gasteiger partial charge in [0.05, 0.1) is 6.61 Å². The van der Waals surface area contributed by atoms with E-state index in [1.54, 1.807) is 0 Å². The molecule has 1 unspecified atom stereocenters. The first-order chi connectivity index (χ1) is 8.74. The second-order valence-corrected chi connectivity index (χ2v) is 4.34. The van der Waals surface area contributed by atoms with E-state index >= 15 is 0 Å². The van der Waals surface area contributed by atoms with E-state index in [9.17, 15) is 4.79 Å². The van der Waals surface area contributed by atoms with Gasteiger partial charge >= 0.3 is 6.09 Å². The minimum Gasteiger partial charge on any atom is -0.447 e. The molecule has 1 aliphatic heterocycles. The van der Waals surface area contributed by atoms with Crippen molar-refractivity contribution in [3.63, 3.8) is 0 Å². The Labute approximate surface area is 106 Å². The lowest BCUT2D eigenvalue weighted by Crippen LogP contribution is -2.44. The predicted molar refractivity (Wildman–Crippen MR) is 67.0 cm³/mol. The van der Waals surface area contributed by atoms with Crippen molar-refractivity contribution in [2.24, 2.45) is 5.73 Å². The summed E-state index contributed by atoms with van der Waals surface area (Å²) in [6.45, 7) is 3.40. The lowest BCUT2D eigenvalue weighted by molar-refractivity contribution is -0.0568. The Kier molecular flexibility index (Phi) is 4.55. The molecule has 0 aromatic heterocycles. The lowest BCUT2D eigenvalue weighted by atomic mass is 10.2. The molecule has 18 heavy (non-hydrogen) atoms. The fourth-order valence-corrected chi connectivity index (χ4v) is 2.04. The highest BCUT2D eigenvalue weighted by atomic mass is 16.6. The Morgan fingerprint density at radius 3 is 2.94 bits per heavy atom. The van der Waals surface area contributed by atoms with Crippen molar-refractivity contribution < 1.29 is 14.3 Å². The van der Waals surface area contributed by atoms with Gasteiger partial charge in [-0.1, -0.05) is 30.3 Å². The van der Waals surface area contributed by atoms with Crippen molar-refractivity contribution in [3.05, 3.63) is 35.9 Å². The van der Waals surface area contributed by atoms with Crippen molar-refractivity contribution in [2.75, 3.05) is 26.3 Å². The summed E-state index contributed by atoms with van der Waals surface area (Å²) in [5, 5.41) is 0. The van der Waals surface area contributed by atoms with Gasteiger partial charge in [0, 0.05) is 19.6 Å². The van der Waals surface area contributed by atoms with Gasteiger partial charge in [-0.05, 0) is 5.56 Å². The van der Waals surface area contributed by atoms with E-state index in [2.05, 4.69) is 17.0 Å². The Morgan fingerprint density at radius 2 is 2.22 bits per heavy atom. The normalized spacial score (nSPS) is 20.6. The number of nitrogens with zero attached hydrogens (tertiary/aromatic N) is 1. The zero-order chi connectivity index (χ0) is 12.8. The predicted octanol–water partition coefficient (Wildman–Crippen LogP) is 0.983. The first-order valence-corrected chi connectivity index (χ1v) is 6.04. The number of benzene rings is 1. The molecule has 1 amide bonds. The molecule has 98 valence electrons. The third kappa shape index (κ3) is 4.01. The zero-order valence-electron chi connectivity index (χ0n) is 10.2. The first-order valence-electron chi connectivity index (χ1n) is 6.04. The molecule has 1 fully saturated rings. The number of carbonyl (C=O) groups is 1. The maximum absolute atomic E-state index is 10.5. The van der Waals surface area contributed by atoms with Gasteiger partial charge in [-0.15, -0.1) is 0 Å². The SMILES string of the molecule is NC(=O)OCC1CN(Cc2ccccc2)CCO1. The Hall–Kier alpha value is -1.59. The molecule has 5 nitrogen and oxygen atoms in total. The summed E-state index contributed by atoms with van der Waals surface area (Å²) in [6.07, 6.45) is -0.839. The molecular formula is C13H18N2O3. The molecule has 1 saturated heterocycles. The van der Waals surface area contributed by atoms with Crippen LogP contribution in [0.4, 0.5) is 4.79 Å². The van der Waals surface area contributed by atoms with Crippen LogP contribution in [0.1, 0.15) is 5.56 Å². The van der Waals surface area contributed by atoms with Crippen LogP contribution in [0.5, 0.6) is 0 Å². The number of nitrogens with two attached hydrogens (primary N) is 1. The van der Waals surface area contributed by atoms with Gasteiger partial charge < -0.3 is 15.2 Å². The van der Waals surface area contributed by atoms with Crippen LogP contribution in [0.2, 0.25) is 0 Å². The summed E-state index contributed by atoms with van der Waals surface area (Å²) in [6, 6.07) is 10.3. The monoisotopic (exact) mass is 250 g/mol. The lowest BCUT2D eigenvalue weighted by Gasteiger charge is -2.32. The van der Waals surface area contributed by atoms with Gasteiger partial charge in [-0.3, -0.25) is 4.90 Å². The highest BCUT2D eigenvalue weighted by Gasteiger charge is 2.21. The molecule has 0 radical (unpaired) electrons. The van der Waals surface area contributed by atoms with E-state index in [0.29, 0.717) is 6.61 Å². The molecule has 1 aliphatic rings. The molecule has 0 saturated carbocycles. The number of hydrogen-bond donors (Lipinski definition) is 1.